The molecule has 11 nitrogen and oxygen atoms in total. The quantitative estimate of drug-likeness (QED) is 0.159. The predicted molar refractivity (Wildman–Crippen MR) is 142 cm³/mol. The van der Waals surface area contributed by atoms with Crippen LogP contribution in [0.4, 0.5) is 0 Å². The van der Waals surface area contributed by atoms with E-state index in [1.807, 2.05) is 18.2 Å². The Labute approximate surface area is 222 Å². The molecule has 9 N–H and O–H groups in total. The molecule has 4 atom stereocenters. The van der Waals surface area contributed by atoms with Gasteiger partial charge in [-0.3, -0.25) is 14.4 Å². The fraction of sp³-hybridized carbons (Fsp3) is 0.407. The Kier molecular flexibility index (Phi) is 12.2. The average Bonchev–Trinajstić information content (AvgIpc) is 2.89. The maximum atomic E-state index is 13.1. The Morgan fingerprint density at radius 3 is 1.97 bits per heavy atom. The number of carbonyl (C=O) groups excluding carboxylic acids is 3. The number of benzene rings is 2. The largest absolute Gasteiger partial charge is 0.508 e. The highest BCUT2D eigenvalue weighted by Gasteiger charge is 2.28. The summed E-state index contributed by atoms with van der Waals surface area (Å²) in [7, 11) is 0. The van der Waals surface area contributed by atoms with Gasteiger partial charge >= 0.3 is 5.97 Å². The van der Waals surface area contributed by atoms with E-state index in [1.54, 1.807) is 24.3 Å². The Bertz CT molecular complexity index is 1060. The molecule has 0 spiro atoms. The first-order valence-electron chi connectivity index (χ1n) is 12.5. The zero-order valence-electron chi connectivity index (χ0n) is 21.4. The van der Waals surface area contributed by atoms with Crippen LogP contribution in [-0.4, -0.2) is 64.6 Å². The SMILES string of the molecule is CC(NC(=O)C(Cc1ccccc1)NC(=O)C(N)CCCCN)C(=O)NC(Cc1ccc(O)cc1)C(=O)O. The van der Waals surface area contributed by atoms with E-state index in [2.05, 4.69) is 16.0 Å². The molecule has 0 aliphatic heterocycles. The van der Waals surface area contributed by atoms with Crippen molar-refractivity contribution in [1.29, 1.82) is 0 Å². The summed E-state index contributed by atoms with van der Waals surface area (Å²) in [6.07, 6.45) is 1.97. The lowest BCUT2D eigenvalue weighted by Crippen LogP contribution is -2.57. The minimum absolute atomic E-state index is 0.0171. The van der Waals surface area contributed by atoms with Crippen LogP contribution < -0.4 is 27.4 Å². The van der Waals surface area contributed by atoms with Crippen molar-refractivity contribution in [3.63, 3.8) is 0 Å². The van der Waals surface area contributed by atoms with Gasteiger partial charge in [0.05, 0.1) is 6.04 Å². The van der Waals surface area contributed by atoms with Gasteiger partial charge in [0, 0.05) is 12.8 Å². The summed E-state index contributed by atoms with van der Waals surface area (Å²) in [5.74, 6) is -3.01. The van der Waals surface area contributed by atoms with E-state index in [1.165, 1.54) is 19.1 Å². The van der Waals surface area contributed by atoms with Crippen molar-refractivity contribution >= 4 is 23.7 Å². The number of phenolic OH excluding ortho intramolecular Hbond substituents is 1. The van der Waals surface area contributed by atoms with Gasteiger partial charge in [0.1, 0.15) is 23.9 Å². The lowest BCUT2D eigenvalue weighted by atomic mass is 10.0. The number of rotatable bonds is 15. The molecule has 0 heterocycles. The van der Waals surface area contributed by atoms with Gasteiger partial charge < -0.3 is 37.6 Å². The molecule has 3 amide bonds. The van der Waals surface area contributed by atoms with Crippen LogP contribution in [0.25, 0.3) is 0 Å². The first kappa shape index (κ1) is 30.3. The molecule has 0 radical (unpaired) electrons. The highest BCUT2D eigenvalue weighted by atomic mass is 16.4. The highest BCUT2D eigenvalue weighted by molar-refractivity contribution is 5.94. The van der Waals surface area contributed by atoms with Crippen LogP contribution in [0, 0.1) is 0 Å². The minimum Gasteiger partial charge on any atom is -0.508 e. The van der Waals surface area contributed by atoms with Crippen LogP contribution in [0.3, 0.4) is 0 Å². The molecule has 2 rings (SSSR count). The highest BCUT2D eigenvalue weighted by Crippen LogP contribution is 2.12. The summed E-state index contributed by atoms with van der Waals surface area (Å²) in [6.45, 7) is 1.91. The maximum absolute atomic E-state index is 13.1. The Morgan fingerprint density at radius 1 is 0.789 bits per heavy atom. The van der Waals surface area contributed by atoms with Crippen molar-refractivity contribution < 1.29 is 29.4 Å². The van der Waals surface area contributed by atoms with Crippen molar-refractivity contribution in [2.24, 2.45) is 11.5 Å². The zero-order valence-corrected chi connectivity index (χ0v) is 21.4. The van der Waals surface area contributed by atoms with Crippen molar-refractivity contribution in [3.8, 4) is 5.75 Å². The number of hydrogen-bond donors (Lipinski definition) is 7. The second kappa shape index (κ2) is 15.3. The Hall–Kier alpha value is -3.96. The van der Waals surface area contributed by atoms with Crippen molar-refractivity contribution in [2.75, 3.05) is 6.54 Å². The van der Waals surface area contributed by atoms with E-state index in [0.717, 1.165) is 12.0 Å². The zero-order chi connectivity index (χ0) is 28.1. The van der Waals surface area contributed by atoms with Crippen LogP contribution >= 0.6 is 0 Å². The summed E-state index contributed by atoms with van der Waals surface area (Å²) in [5.41, 5.74) is 12.9. The summed E-state index contributed by atoms with van der Waals surface area (Å²) < 4.78 is 0. The number of unbranched alkanes of at least 4 members (excludes halogenated alkanes) is 1. The van der Waals surface area contributed by atoms with Gasteiger partial charge in [-0.25, -0.2) is 4.79 Å². The number of aliphatic carboxylic acids is 1. The van der Waals surface area contributed by atoms with E-state index in [4.69, 9.17) is 11.5 Å². The van der Waals surface area contributed by atoms with Gasteiger partial charge in [0.2, 0.25) is 17.7 Å². The number of amides is 3. The van der Waals surface area contributed by atoms with Gasteiger partial charge in [0.15, 0.2) is 0 Å². The van der Waals surface area contributed by atoms with E-state index >= 15 is 0 Å². The van der Waals surface area contributed by atoms with E-state index in [9.17, 15) is 29.4 Å². The molecule has 4 unspecified atom stereocenters. The standard InChI is InChI=1S/C27H37N5O6/c1-17(24(34)32-23(27(37)38)16-19-10-12-20(33)13-11-19)30-26(36)22(15-18-7-3-2-4-8-18)31-25(35)21(29)9-5-6-14-28/h2-4,7-8,10-13,17,21-23,33H,5-6,9,14-16,28-29H2,1H3,(H,30,36)(H,31,35)(H,32,34)(H,37,38). The molecule has 11 heteroatoms. The fourth-order valence-electron chi connectivity index (χ4n) is 3.72. The van der Waals surface area contributed by atoms with E-state index in [-0.39, 0.29) is 18.6 Å². The monoisotopic (exact) mass is 527 g/mol. The molecule has 2 aromatic carbocycles. The molecule has 0 aliphatic rings. The Balaban J connectivity index is 2.05. The maximum Gasteiger partial charge on any atom is 0.326 e. The first-order valence-corrected chi connectivity index (χ1v) is 12.5. The fourth-order valence-corrected chi connectivity index (χ4v) is 3.72. The summed E-state index contributed by atoms with van der Waals surface area (Å²) in [5, 5.41) is 26.6. The molecule has 2 aromatic rings. The molecule has 206 valence electrons. The summed E-state index contributed by atoms with van der Waals surface area (Å²) >= 11 is 0. The second-order valence-corrected chi connectivity index (χ2v) is 9.14. The van der Waals surface area contributed by atoms with E-state index in [0.29, 0.717) is 24.9 Å². The molecule has 0 aliphatic carbocycles. The molecule has 0 fully saturated rings. The van der Waals surface area contributed by atoms with Crippen molar-refractivity contribution in [3.05, 3.63) is 65.7 Å². The number of nitrogens with one attached hydrogen (secondary N) is 3. The van der Waals surface area contributed by atoms with Gasteiger partial charge in [-0.1, -0.05) is 48.9 Å². The number of carbonyl (C=O) groups is 4. The van der Waals surface area contributed by atoms with Crippen molar-refractivity contribution in [2.45, 2.75) is 63.2 Å². The lowest BCUT2D eigenvalue weighted by Gasteiger charge is -2.24. The molecule has 0 aromatic heterocycles. The number of aromatic hydroxyl groups is 1. The van der Waals surface area contributed by atoms with Crippen LogP contribution in [0.1, 0.15) is 37.3 Å². The minimum atomic E-state index is -1.25. The molecular weight excluding hydrogens is 490 g/mol. The van der Waals surface area contributed by atoms with Gasteiger partial charge in [-0.05, 0) is 49.6 Å². The third kappa shape index (κ3) is 10.2. The van der Waals surface area contributed by atoms with Crippen LogP contribution in [0.5, 0.6) is 5.75 Å². The summed E-state index contributed by atoms with van der Waals surface area (Å²) in [6, 6.07) is 10.9. The topological polar surface area (TPSA) is 197 Å². The van der Waals surface area contributed by atoms with Crippen molar-refractivity contribution in [1.82, 2.24) is 16.0 Å². The smallest absolute Gasteiger partial charge is 0.326 e. The Morgan fingerprint density at radius 2 is 1.37 bits per heavy atom. The number of hydrogen-bond acceptors (Lipinski definition) is 7. The number of phenols is 1. The third-order valence-corrected chi connectivity index (χ3v) is 5.96. The lowest BCUT2D eigenvalue weighted by molar-refractivity contribution is -0.142. The molecule has 38 heavy (non-hydrogen) atoms. The second-order valence-electron chi connectivity index (χ2n) is 9.14. The molecule has 0 saturated carbocycles. The third-order valence-electron chi connectivity index (χ3n) is 5.96. The first-order chi connectivity index (χ1) is 18.1. The predicted octanol–water partition coefficient (Wildman–Crippen LogP) is 0.193. The molecular formula is C27H37N5O6. The van der Waals surface area contributed by atoms with Gasteiger partial charge in [-0.15, -0.1) is 0 Å². The number of carboxylic acid groups (broad SMARTS) is 1. The normalized spacial score (nSPS) is 14.0. The molecule has 0 saturated heterocycles. The van der Waals surface area contributed by atoms with Gasteiger partial charge in [-0.2, -0.15) is 0 Å². The van der Waals surface area contributed by atoms with Crippen LogP contribution in [-0.2, 0) is 32.0 Å². The van der Waals surface area contributed by atoms with Crippen LogP contribution in [0.15, 0.2) is 54.6 Å². The average molecular weight is 528 g/mol. The van der Waals surface area contributed by atoms with E-state index < -0.39 is 47.9 Å². The van der Waals surface area contributed by atoms with Gasteiger partial charge in [0.25, 0.3) is 0 Å². The summed E-state index contributed by atoms with van der Waals surface area (Å²) in [4.78, 5) is 50.3. The van der Waals surface area contributed by atoms with Crippen LogP contribution in [0.2, 0.25) is 0 Å². The number of nitrogens with two attached hydrogens (primary N) is 2. The molecule has 0 bridgehead atoms. The number of carboxylic acids is 1.